The molecule has 4 rings (SSSR count). The number of methoxy groups -OCH3 is 2. The molecule has 0 radical (unpaired) electrons. The number of piperidine rings is 1. The largest absolute Gasteiger partial charge is 0.493 e. The average Bonchev–Trinajstić information content (AvgIpc) is 3.31. The standard InChI is InChI=1S/C22H28N4O5S/c1-5-31-21(28)14-8-10-25(11-9-14)18(15-6-7-16(29-3)17(12-15)30-4)19-20(27)26-22(32-19)23-13(2)24-26/h6-7,12,14,18,27H,5,8-11H2,1-4H3/t18-/m0/s1. The Morgan fingerprint density at radius 2 is 1.97 bits per heavy atom. The highest BCUT2D eigenvalue weighted by Gasteiger charge is 2.34. The second-order valence-electron chi connectivity index (χ2n) is 7.72. The van der Waals surface area contributed by atoms with E-state index in [1.807, 2.05) is 25.1 Å². The summed E-state index contributed by atoms with van der Waals surface area (Å²) in [5.74, 6) is 1.71. The second-order valence-corrected chi connectivity index (χ2v) is 8.73. The number of likely N-dealkylation sites (tertiary alicyclic amines) is 1. The summed E-state index contributed by atoms with van der Waals surface area (Å²) in [5.41, 5.74) is 0.953. The maximum atomic E-state index is 12.2. The Morgan fingerprint density at radius 1 is 1.25 bits per heavy atom. The van der Waals surface area contributed by atoms with Crippen LogP contribution in [0.4, 0.5) is 0 Å². The molecule has 0 saturated carbocycles. The summed E-state index contributed by atoms with van der Waals surface area (Å²) in [6.07, 6.45) is 1.40. The Kier molecular flexibility index (Phi) is 6.52. The molecule has 3 aromatic rings. The quantitative estimate of drug-likeness (QED) is 0.537. The van der Waals surface area contributed by atoms with Crippen LogP contribution in [0.3, 0.4) is 0 Å². The molecular weight excluding hydrogens is 432 g/mol. The Hall–Kier alpha value is -2.85. The SMILES string of the molecule is CCOC(=O)C1CCN([C@@H](c2ccc(OC)c(OC)c2)c2sc3nc(C)nn3c2O)CC1. The minimum Gasteiger partial charge on any atom is -0.493 e. The van der Waals surface area contributed by atoms with E-state index in [2.05, 4.69) is 15.0 Å². The molecule has 0 unspecified atom stereocenters. The van der Waals surface area contributed by atoms with Crippen molar-refractivity contribution >= 4 is 22.3 Å². The molecule has 10 heteroatoms. The van der Waals surface area contributed by atoms with Gasteiger partial charge in [-0.25, -0.2) is 4.98 Å². The summed E-state index contributed by atoms with van der Waals surface area (Å²) < 4.78 is 17.6. The van der Waals surface area contributed by atoms with Gasteiger partial charge < -0.3 is 19.3 Å². The molecule has 0 aliphatic carbocycles. The van der Waals surface area contributed by atoms with Crippen LogP contribution in [0.1, 0.15) is 42.1 Å². The molecule has 1 aromatic carbocycles. The zero-order chi connectivity index (χ0) is 22.8. The number of aromatic hydroxyl groups is 1. The van der Waals surface area contributed by atoms with Crippen molar-refractivity contribution in [3.8, 4) is 17.4 Å². The first-order valence-electron chi connectivity index (χ1n) is 10.6. The average molecular weight is 461 g/mol. The summed E-state index contributed by atoms with van der Waals surface area (Å²) in [7, 11) is 3.20. The number of nitrogens with zero attached hydrogens (tertiary/aromatic N) is 4. The molecule has 9 nitrogen and oxygen atoms in total. The van der Waals surface area contributed by atoms with Crippen LogP contribution in [0.5, 0.6) is 17.4 Å². The number of ether oxygens (including phenoxy) is 3. The Balaban J connectivity index is 1.71. The molecule has 32 heavy (non-hydrogen) atoms. The van der Waals surface area contributed by atoms with Gasteiger partial charge in [-0.05, 0) is 57.5 Å². The Labute approximate surface area is 190 Å². The van der Waals surface area contributed by atoms with Crippen LogP contribution >= 0.6 is 11.3 Å². The number of aromatic nitrogens is 3. The Bertz CT molecular complexity index is 1100. The van der Waals surface area contributed by atoms with Crippen molar-refractivity contribution in [2.75, 3.05) is 33.9 Å². The van der Waals surface area contributed by atoms with Crippen LogP contribution in [0, 0.1) is 12.8 Å². The molecule has 1 saturated heterocycles. The maximum absolute atomic E-state index is 12.2. The van der Waals surface area contributed by atoms with Gasteiger partial charge >= 0.3 is 5.97 Å². The fourth-order valence-corrected chi connectivity index (χ4v) is 5.39. The lowest BCUT2D eigenvalue weighted by Gasteiger charge is -2.36. The molecule has 2 aromatic heterocycles. The van der Waals surface area contributed by atoms with Gasteiger partial charge in [0.25, 0.3) is 0 Å². The normalized spacial score (nSPS) is 16.2. The smallest absolute Gasteiger partial charge is 0.309 e. The predicted molar refractivity (Wildman–Crippen MR) is 120 cm³/mol. The summed E-state index contributed by atoms with van der Waals surface area (Å²) in [4.78, 5) is 20.3. The van der Waals surface area contributed by atoms with E-state index in [4.69, 9.17) is 14.2 Å². The number of rotatable bonds is 7. The summed E-state index contributed by atoms with van der Waals surface area (Å²) in [6.45, 7) is 5.39. The zero-order valence-electron chi connectivity index (χ0n) is 18.7. The molecule has 0 spiro atoms. The minimum absolute atomic E-state index is 0.0814. The number of thiazole rings is 1. The van der Waals surface area contributed by atoms with Crippen LogP contribution in [0.2, 0.25) is 0 Å². The van der Waals surface area contributed by atoms with E-state index in [0.29, 0.717) is 54.8 Å². The van der Waals surface area contributed by atoms with E-state index < -0.39 is 0 Å². The molecule has 172 valence electrons. The van der Waals surface area contributed by atoms with Crippen molar-refractivity contribution in [2.24, 2.45) is 5.92 Å². The molecule has 1 fully saturated rings. The van der Waals surface area contributed by atoms with Gasteiger partial charge in [0, 0.05) is 0 Å². The number of hydrogen-bond acceptors (Lipinski definition) is 9. The van der Waals surface area contributed by atoms with E-state index in [-0.39, 0.29) is 23.8 Å². The number of carbonyl (C=O) groups is 1. The molecule has 0 amide bonds. The van der Waals surface area contributed by atoms with Crippen molar-refractivity contribution in [1.29, 1.82) is 0 Å². The van der Waals surface area contributed by atoms with Gasteiger partial charge in [0.1, 0.15) is 5.82 Å². The molecule has 1 N–H and O–H groups in total. The highest BCUT2D eigenvalue weighted by atomic mass is 32.1. The molecule has 1 atom stereocenters. The topological polar surface area (TPSA) is 98.4 Å². The number of esters is 1. The number of benzene rings is 1. The fourth-order valence-electron chi connectivity index (χ4n) is 4.23. The lowest BCUT2D eigenvalue weighted by molar-refractivity contribution is -0.149. The summed E-state index contributed by atoms with van der Waals surface area (Å²) in [6, 6.07) is 5.53. The van der Waals surface area contributed by atoms with E-state index in [0.717, 1.165) is 10.4 Å². The van der Waals surface area contributed by atoms with Gasteiger partial charge in [-0.2, -0.15) is 4.52 Å². The van der Waals surface area contributed by atoms with Crippen LogP contribution in [0.25, 0.3) is 4.96 Å². The number of aryl methyl sites for hydroxylation is 1. The van der Waals surface area contributed by atoms with Crippen LogP contribution in [0.15, 0.2) is 18.2 Å². The lowest BCUT2D eigenvalue weighted by atomic mass is 9.93. The molecule has 1 aliphatic rings. The first-order chi connectivity index (χ1) is 15.5. The molecule has 3 heterocycles. The van der Waals surface area contributed by atoms with Crippen molar-refractivity contribution in [3.05, 3.63) is 34.5 Å². The second kappa shape index (κ2) is 9.33. The van der Waals surface area contributed by atoms with E-state index in [1.54, 1.807) is 21.1 Å². The van der Waals surface area contributed by atoms with Gasteiger partial charge in [-0.3, -0.25) is 9.69 Å². The van der Waals surface area contributed by atoms with Gasteiger partial charge in [0.15, 0.2) is 11.5 Å². The number of fused-ring (bicyclic) bond motifs is 1. The van der Waals surface area contributed by atoms with Gasteiger partial charge in [-0.15, -0.1) is 5.10 Å². The number of carbonyl (C=O) groups excluding carboxylic acids is 1. The van der Waals surface area contributed by atoms with Crippen LogP contribution in [-0.2, 0) is 9.53 Å². The molecule has 1 aliphatic heterocycles. The third-order valence-corrected chi connectivity index (χ3v) is 6.86. The van der Waals surface area contributed by atoms with E-state index in [9.17, 15) is 9.90 Å². The van der Waals surface area contributed by atoms with Gasteiger partial charge in [-0.1, -0.05) is 17.4 Å². The van der Waals surface area contributed by atoms with Crippen LogP contribution in [-0.4, -0.2) is 64.5 Å². The van der Waals surface area contributed by atoms with Crippen molar-refractivity contribution < 1.29 is 24.1 Å². The highest BCUT2D eigenvalue weighted by molar-refractivity contribution is 7.17. The lowest BCUT2D eigenvalue weighted by Crippen LogP contribution is -2.39. The Morgan fingerprint density at radius 3 is 2.59 bits per heavy atom. The third kappa shape index (κ3) is 4.12. The van der Waals surface area contributed by atoms with E-state index >= 15 is 0 Å². The number of hydrogen-bond donors (Lipinski definition) is 1. The first kappa shape index (κ1) is 22.3. The fraction of sp³-hybridized carbons (Fsp3) is 0.500. The monoisotopic (exact) mass is 460 g/mol. The summed E-state index contributed by atoms with van der Waals surface area (Å²) >= 11 is 1.41. The van der Waals surface area contributed by atoms with Crippen molar-refractivity contribution in [1.82, 2.24) is 19.5 Å². The van der Waals surface area contributed by atoms with Crippen LogP contribution < -0.4 is 9.47 Å². The van der Waals surface area contributed by atoms with Crippen molar-refractivity contribution in [2.45, 2.75) is 32.7 Å². The van der Waals surface area contributed by atoms with Crippen molar-refractivity contribution in [3.63, 3.8) is 0 Å². The zero-order valence-corrected chi connectivity index (χ0v) is 19.5. The third-order valence-electron chi connectivity index (χ3n) is 5.79. The first-order valence-corrected chi connectivity index (χ1v) is 11.5. The minimum atomic E-state index is -0.244. The molecular formula is C22H28N4O5S. The summed E-state index contributed by atoms with van der Waals surface area (Å²) in [5, 5.41) is 15.3. The molecule has 0 bridgehead atoms. The van der Waals surface area contributed by atoms with E-state index in [1.165, 1.54) is 15.9 Å². The predicted octanol–water partition coefficient (Wildman–Crippen LogP) is 3.19. The highest BCUT2D eigenvalue weighted by Crippen LogP contribution is 2.43. The van der Waals surface area contributed by atoms with Gasteiger partial charge in [0.05, 0.1) is 37.7 Å². The van der Waals surface area contributed by atoms with Gasteiger partial charge in [0.2, 0.25) is 10.8 Å². The maximum Gasteiger partial charge on any atom is 0.309 e.